The zero-order chi connectivity index (χ0) is 40.5. The Balaban J connectivity index is 3.89. The molecule has 0 aromatic rings. The van der Waals surface area contributed by atoms with Crippen molar-refractivity contribution in [2.45, 2.75) is 276 Å². The fourth-order valence-corrected chi connectivity index (χ4v) is 8.37. The summed E-state index contributed by atoms with van der Waals surface area (Å²) in [6.07, 6.45) is 48.4. The van der Waals surface area contributed by atoms with E-state index in [9.17, 15) is 28.0 Å². The third-order valence-corrected chi connectivity index (χ3v) is 12.1. The Morgan fingerprint density at radius 1 is 0.491 bits per heavy atom. The lowest BCUT2D eigenvalue weighted by Crippen LogP contribution is -2.50. The van der Waals surface area contributed by atoms with Crippen LogP contribution < -0.4 is 5.32 Å². The highest BCUT2D eigenvalue weighted by Gasteiger charge is 2.27. The lowest BCUT2D eigenvalue weighted by Gasteiger charge is -2.22. The molecule has 55 heavy (non-hydrogen) atoms. The van der Waals surface area contributed by atoms with Gasteiger partial charge in [-0.1, -0.05) is 251 Å². The normalized spacial score (nSPS) is 13.8. The molecule has 0 aliphatic rings. The van der Waals surface area contributed by atoms with Crippen LogP contribution in [0.4, 0.5) is 0 Å². The molecule has 0 aromatic carbocycles. The summed E-state index contributed by atoms with van der Waals surface area (Å²) in [5.41, 5.74) is 0. The third-order valence-electron chi connectivity index (χ3n) is 11.3. The Hall–Kier alpha value is -0.960. The Bertz CT molecular complexity index is 942. The Morgan fingerprint density at radius 2 is 0.782 bits per heavy atom. The van der Waals surface area contributed by atoms with Crippen LogP contribution in [0.3, 0.4) is 0 Å². The highest BCUT2D eigenvalue weighted by Crippen LogP contribution is 2.17. The summed E-state index contributed by atoms with van der Waals surface area (Å²) in [6.45, 7) is 4.54. The minimum atomic E-state index is -4.44. The zero-order valence-corrected chi connectivity index (χ0v) is 37.3. The van der Waals surface area contributed by atoms with Crippen LogP contribution in [0, 0.1) is 0 Å². The molecule has 0 rings (SSSR count). The molecule has 0 aliphatic carbocycles. The highest BCUT2D eigenvalue weighted by molar-refractivity contribution is 7.85. The van der Waals surface area contributed by atoms with E-state index in [-0.39, 0.29) is 6.42 Å². The molecule has 0 radical (unpaired) electrons. The third kappa shape index (κ3) is 41.0. The molecule has 8 heteroatoms. The van der Waals surface area contributed by atoms with Gasteiger partial charge in [-0.05, 0) is 19.3 Å². The first-order chi connectivity index (χ1) is 26.7. The molecule has 3 atom stereocenters. The summed E-state index contributed by atoms with van der Waals surface area (Å²) in [4.78, 5) is 12.6. The quantitative estimate of drug-likeness (QED) is 0.0276. The van der Waals surface area contributed by atoms with Crippen LogP contribution in [-0.4, -0.2) is 53.1 Å². The van der Waals surface area contributed by atoms with Gasteiger partial charge < -0.3 is 15.5 Å². The van der Waals surface area contributed by atoms with Gasteiger partial charge in [0.05, 0.1) is 17.9 Å². The number of allylic oxidation sites excluding steroid dienone is 1. The second kappa shape index (κ2) is 41.2. The minimum absolute atomic E-state index is 0.286. The van der Waals surface area contributed by atoms with Crippen molar-refractivity contribution in [3.63, 3.8) is 0 Å². The van der Waals surface area contributed by atoms with Crippen LogP contribution in [0.15, 0.2) is 12.2 Å². The van der Waals surface area contributed by atoms with E-state index in [0.717, 1.165) is 38.5 Å². The number of carbonyl (C=O) groups is 1. The van der Waals surface area contributed by atoms with Crippen molar-refractivity contribution in [3.8, 4) is 0 Å². The average Bonchev–Trinajstić information content (AvgIpc) is 3.15. The van der Waals surface area contributed by atoms with Gasteiger partial charge in [0.15, 0.2) is 0 Å². The van der Waals surface area contributed by atoms with Crippen molar-refractivity contribution in [1.29, 1.82) is 0 Å². The fraction of sp³-hybridized carbons (Fsp3) is 0.936. The first-order valence-corrected chi connectivity index (χ1v) is 25.6. The summed E-state index contributed by atoms with van der Waals surface area (Å²) in [5, 5.41) is 23.5. The topological polar surface area (TPSA) is 124 Å². The maximum absolute atomic E-state index is 12.6. The van der Waals surface area contributed by atoms with E-state index in [1.54, 1.807) is 0 Å². The van der Waals surface area contributed by atoms with E-state index in [1.165, 1.54) is 199 Å². The SMILES string of the molecule is CCCCCCCCCCCCCCCCC/C=C/C(O)C(CS(=O)(=O)O)NC(=O)C(O)CCCCCCCCCCCCCCCCCCCCCCC. The summed E-state index contributed by atoms with van der Waals surface area (Å²) < 4.78 is 32.6. The lowest BCUT2D eigenvalue weighted by atomic mass is 10.0. The largest absolute Gasteiger partial charge is 0.387 e. The van der Waals surface area contributed by atoms with E-state index in [2.05, 4.69) is 19.2 Å². The van der Waals surface area contributed by atoms with Gasteiger partial charge in [0.25, 0.3) is 10.1 Å². The van der Waals surface area contributed by atoms with E-state index in [0.29, 0.717) is 6.42 Å². The van der Waals surface area contributed by atoms with E-state index in [4.69, 9.17) is 0 Å². The summed E-state index contributed by atoms with van der Waals surface area (Å²) in [6, 6.07) is -1.23. The van der Waals surface area contributed by atoms with Crippen molar-refractivity contribution in [3.05, 3.63) is 12.2 Å². The second-order valence-electron chi connectivity index (χ2n) is 16.9. The van der Waals surface area contributed by atoms with Gasteiger partial charge in [-0.2, -0.15) is 8.42 Å². The number of hydrogen-bond acceptors (Lipinski definition) is 5. The van der Waals surface area contributed by atoms with Crippen LogP contribution in [0.25, 0.3) is 0 Å². The molecule has 0 spiro atoms. The van der Waals surface area contributed by atoms with Gasteiger partial charge in [0.1, 0.15) is 6.10 Å². The van der Waals surface area contributed by atoms with Crippen molar-refractivity contribution >= 4 is 16.0 Å². The van der Waals surface area contributed by atoms with Gasteiger partial charge in [-0.25, -0.2) is 0 Å². The van der Waals surface area contributed by atoms with Crippen LogP contribution in [0.2, 0.25) is 0 Å². The molecule has 0 saturated heterocycles. The molecule has 0 bridgehead atoms. The van der Waals surface area contributed by atoms with E-state index < -0.39 is 40.0 Å². The van der Waals surface area contributed by atoms with E-state index in [1.807, 2.05) is 6.08 Å². The maximum atomic E-state index is 12.6. The molecule has 0 aromatic heterocycles. The molecular formula is C47H93NO6S. The molecule has 4 N–H and O–H groups in total. The van der Waals surface area contributed by atoms with Gasteiger partial charge >= 0.3 is 0 Å². The lowest BCUT2D eigenvalue weighted by molar-refractivity contribution is -0.130. The smallest absolute Gasteiger partial charge is 0.267 e. The van der Waals surface area contributed by atoms with Gasteiger partial charge in [0, 0.05) is 0 Å². The van der Waals surface area contributed by atoms with Gasteiger partial charge in [-0.15, -0.1) is 0 Å². The number of unbranched alkanes of at least 4 members (excludes halogenated alkanes) is 35. The van der Waals surface area contributed by atoms with Crippen LogP contribution in [0.5, 0.6) is 0 Å². The first-order valence-electron chi connectivity index (χ1n) is 24.0. The predicted molar refractivity (Wildman–Crippen MR) is 236 cm³/mol. The number of aliphatic hydroxyl groups excluding tert-OH is 2. The minimum Gasteiger partial charge on any atom is -0.387 e. The first kappa shape index (κ1) is 54.0. The average molecular weight is 800 g/mol. The molecule has 0 fully saturated rings. The molecule has 3 unspecified atom stereocenters. The van der Waals surface area contributed by atoms with Crippen molar-refractivity contribution < 1.29 is 28.0 Å². The highest BCUT2D eigenvalue weighted by atomic mass is 32.2. The second-order valence-corrected chi connectivity index (χ2v) is 18.4. The predicted octanol–water partition coefficient (Wildman–Crippen LogP) is 13.5. The van der Waals surface area contributed by atoms with Crippen LogP contribution in [-0.2, 0) is 14.9 Å². The van der Waals surface area contributed by atoms with Crippen molar-refractivity contribution in [2.75, 3.05) is 5.75 Å². The number of carbonyl (C=O) groups excluding carboxylic acids is 1. The maximum Gasteiger partial charge on any atom is 0.267 e. The van der Waals surface area contributed by atoms with Crippen molar-refractivity contribution in [1.82, 2.24) is 5.32 Å². The molecule has 0 heterocycles. The number of aliphatic hydroxyl groups is 2. The monoisotopic (exact) mass is 800 g/mol. The van der Waals surface area contributed by atoms with Crippen molar-refractivity contribution in [2.24, 2.45) is 0 Å². The molecule has 1 amide bonds. The molecule has 328 valence electrons. The standard InChI is InChI=1S/C47H93NO6S/c1-3-5-7-9-11-13-15-17-19-21-22-23-24-26-28-30-32-34-36-38-40-42-46(50)47(51)48-44(43-55(52,53)54)45(49)41-39-37-35-33-31-29-27-25-20-18-16-14-12-10-8-6-4-2/h39,41,44-46,49-50H,3-38,40,42-43H2,1-2H3,(H,48,51)(H,52,53,54)/b41-39+. The molecule has 0 saturated carbocycles. The Morgan fingerprint density at radius 3 is 1.09 bits per heavy atom. The Labute approximate surface area is 342 Å². The van der Waals surface area contributed by atoms with Crippen LogP contribution >= 0.6 is 0 Å². The number of amides is 1. The van der Waals surface area contributed by atoms with E-state index >= 15 is 0 Å². The van der Waals surface area contributed by atoms with Gasteiger partial charge in [-0.3, -0.25) is 9.35 Å². The number of rotatable bonds is 44. The number of nitrogens with one attached hydrogen (secondary N) is 1. The van der Waals surface area contributed by atoms with Gasteiger partial charge in [0.2, 0.25) is 5.91 Å². The molecule has 0 aliphatic heterocycles. The summed E-state index contributed by atoms with van der Waals surface area (Å²) in [7, 11) is -4.44. The fourth-order valence-electron chi connectivity index (χ4n) is 7.64. The summed E-state index contributed by atoms with van der Waals surface area (Å²) >= 11 is 0. The number of hydrogen-bond donors (Lipinski definition) is 4. The van der Waals surface area contributed by atoms with Crippen LogP contribution in [0.1, 0.15) is 258 Å². The molecular weight excluding hydrogens is 707 g/mol. The molecule has 7 nitrogen and oxygen atoms in total. The summed E-state index contributed by atoms with van der Waals surface area (Å²) in [5.74, 6) is -1.52. The zero-order valence-electron chi connectivity index (χ0n) is 36.4. The Kier molecular flexibility index (Phi) is 40.5.